The van der Waals surface area contributed by atoms with E-state index in [1.54, 1.807) is 0 Å². The number of nitrogens with one attached hydrogen (secondary N) is 1. The van der Waals surface area contributed by atoms with Crippen molar-refractivity contribution in [1.29, 1.82) is 0 Å². The third-order valence-electron chi connectivity index (χ3n) is 2.53. The van der Waals surface area contributed by atoms with Gasteiger partial charge in [-0.05, 0) is 35.4 Å². The third-order valence-corrected chi connectivity index (χ3v) is 3.51. The van der Waals surface area contributed by atoms with Crippen molar-refractivity contribution in [2.45, 2.75) is 0 Å². The van der Waals surface area contributed by atoms with Crippen LogP contribution in [0.2, 0.25) is 0 Å². The second kappa shape index (κ2) is 4.88. The molecule has 1 N–H and O–H groups in total. The molecular formula is C12H7Br2ClN2. The Kier molecular flexibility index (Phi) is 3.66. The maximum absolute atomic E-state index is 4.32. The van der Waals surface area contributed by atoms with Crippen molar-refractivity contribution in [2.24, 2.45) is 0 Å². The minimum atomic E-state index is 0. The van der Waals surface area contributed by atoms with Crippen molar-refractivity contribution in [1.82, 2.24) is 5.10 Å². The van der Waals surface area contributed by atoms with E-state index in [1.165, 1.54) is 5.39 Å². The van der Waals surface area contributed by atoms with Crippen LogP contribution in [0, 0.1) is 0 Å². The van der Waals surface area contributed by atoms with Gasteiger partial charge in [-0.25, -0.2) is 0 Å². The van der Waals surface area contributed by atoms with Crippen LogP contribution in [0.4, 0.5) is 0 Å². The molecule has 1 heterocycles. The first-order valence-electron chi connectivity index (χ1n) is 4.80. The first-order chi connectivity index (χ1) is 7.74. The lowest BCUT2D eigenvalue weighted by molar-refractivity contribution is -0.421. The van der Waals surface area contributed by atoms with E-state index in [0.717, 1.165) is 25.4 Å². The van der Waals surface area contributed by atoms with Gasteiger partial charge >= 0.3 is 0 Å². The molecule has 0 bridgehead atoms. The zero-order valence-corrected chi connectivity index (χ0v) is 12.5. The van der Waals surface area contributed by atoms with Crippen LogP contribution in [0.25, 0.3) is 21.8 Å². The lowest BCUT2D eigenvalue weighted by Crippen LogP contribution is -3.00. The van der Waals surface area contributed by atoms with Crippen molar-refractivity contribution in [2.75, 3.05) is 0 Å². The van der Waals surface area contributed by atoms with E-state index < -0.39 is 0 Å². The highest BCUT2D eigenvalue weighted by Gasteiger charge is 2.08. The number of hydrogen-bond acceptors (Lipinski definition) is 1. The SMILES string of the molecule is Brc1ccc2n[nH+]c3ccc(Br)cc3c2c1.[Cl-]. The van der Waals surface area contributed by atoms with Crippen LogP contribution in [-0.2, 0) is 0 Å². The van der Waals surface area contributed by atoms with Crippen molar-refractivity contribution in [3.8, 4) is 0 Å². The Morgan fingerprint density at radius 1 is 0.882 bits per heavy atom. The Morgan fingerprint density at radius 2 is 1.53 bits per heavy atom. The van der Waals surface area contributed by atoms with Gasteiger partial charge in [0.25, 0.3) is 0 Å². The topological polar surface area (TPSA) is 27.0 Å². The van der Waals surface area contributed by atoms with Crippen molar-refractivity contribution in [3.05, 3.63) is 45.3 Å². The zero-order valence-electron chi connectivity index (χ0n) is 8.55. The molecule has 2 nitrogen and oxygen atoms in total. The van der Waals surface area contributed by atoms with Gasteiger partial charge in [0.05, 0.1) is 5.39 Å². The largest absolute Gasteiger partial charge is 1.00 e. The second-order valence-electron chi connectivity index (χ2n) is 3.57. The summed E-state index contributed by atoms with van der Waals surface area (Å²) in [5, 5.41) is 9.68. The molecule has 3 rings (SSSR count). The zero-order chi connectivity index (χ0) is 11.1. The highest BCUT2D eigenvalue weighted by Crippen LogP contribution is 2.25. The monoisotopic (exact) mass is 372 g/mol. The van der Waals surface area contributed by atoms with Crippen LogP contribution in [-0.4, -0.2) is 5.10 Å². The summed E-state index contributed by atoms with van der Waals surface area (Å²) < 4.78 is 2.13. The van der Waals surface area contributed by atoms with Gasteiger partial charge in [0.15, 0.2) is 0 Å². The van der Waals surface area contributed by atoms with Gasteiger partial charge in [-0.2, -0.15) is 0 Å². The van der Waals surface area contributed by atoms with Gasteiger partial charge < -0.3 is 12.4 Å². The smallest absolute Gasteiger partial charge is 0.237 e. The predicted octanol–water partition coefficient (Wildman–Crippen LogP) is 0.731. The van der Waals surface area contributed by atoms with E-state index in [9.17, 15) is 0 Å². The minimum Gasteiger partial charge on any atom is -1.00 e. The lowest BCUT2D eigenvalue weighted by atomic mass is 10.1. The standard InChI is InChI=1S/C12H6Br2N2.ClH/c13-7-1-3-11-9(5-7)10-6-8(14)2-4-12(10)16-15-11;/h1-6H;1H. The summed E-state index contributed by atoms with van der Waals surface area (Å²) in [5.74, 6) is 0. The molecule has 0 unspecified atom stereocenters. The molecule has 0 amide bonds. The second-order valence-corrected chi connectivity index (χ2v) is 5.41. The number of hydrogen-bond donors (Lipinski definition) is 0. The molecule has 0 aliphatic heterocycles. The molecule has 5 heteroatoms. The van der Waals surface area contributed by atoms with E-state index >= 15 is 0 Å². The van der Waals surface area contributed by atoms with Gasteiger partial charge in [0, 0.05) is 20.4 Å². The summed E-state index contributed by atoms with van der Waals surface area (Å²) in [4.78, 5) is 0. The van der Waals surface area contributed by atoms with Crippen LogP contribution < -0.4 is 17.5 Å². The average Bonchev–Trinajstić information content (AvgIpc) is 2.29. The van der Waals surface area contributed by atoms with E-state index in [0.29, 0.717) is 0 Å². The van der Waals surface area contributed by atoms with Crippen LogP contribution in [0.15, 0.2) is 45.3 Å². The van der Waals surface area contributed by atoms with Crippen molar-refractivity contribution < 1.29 is 17.5 Å². The fourth-order valence-electron chi connectivity index (χ4n) is 1.78. The number of rotatable bonds is 0. The first-order valence-corrected chi connectivity index (χ1v) is 6.39. The van der Waals surface area contributed by atoms with Crippen molar-refractivity contribution in [3.63, 3.8) is 0 Å². The van der Waals surface area contributed by atoms with Gasteiger partial charge in [-0.3, -0.25) is 0 Å². The number of aromatic nitrogens is 2. The Bertz CT molecular complexity index is 640. The van der Waals surface area contributed by atoms with Gasteiger partial charge in [0.1, 0.15) is 5.52 Å². The normalized spacial score (nSPS) is 10.5. The quantitative estimate of drug-likeness (QED) is 0.533. The van der Waals surface area contributed by atoms with E-state index in [1.807, 2.05) is 24.3 Å². The summed E-state index contributed by atoms with van der Waals surface area (Å²) in [7, 11) is 0. The number of fused-ring (bicyclic) bond motifs is 3. The molecule has 0 saturated carbocycles. The number of aromatic amines is 1. The van der Waals surface area contributed by atoms with Crippen LogP contribution in [0.5, 0.6) is 0 Å². The highest BCUT2D eigenvalue weighted by atomic mass is 79.9. The molecule has 0 spiro atoms. The molecule has 0 saturated heterocycles. The molecule has 0 atom stereocenters. The summed E-state index contributed by atoms with van der Waals surface area (Å²) in [6.07, 6.45) is 0. The average molecular weight is 374 g/mol. The number of H-pyrrole nitrogens is 1. The van der Waals surface area contributed by atoms with E-state index in [4.69, 9.17) is 0 Å². The molecule has 0 aliphatic rings. The minimum absolute atomic E-state index is 0. The number of benzene rings is 2. The molecule has 1 aromatic heterocycles. The Morgan fingerprint density at radius 3 is 2.29 bits per heavy atom. The maximum Gasteiger partial charge on any atom is 0.237 e. The van der Waals surface area contributed by atoms with Crippen LogP contribution in [0.1, 0.15) is 0 Å². The molecule has 3 aromatic rings. The molecule has 0 fully saturated rings. The number of nitrogens with zero attached hydrogens (tertiary/aromatic N) is 1. The molecule has 2 aromatic carbocycles. The highest BCUT2D eigenvalue weighted by molar-refractivity contribution is 9.10. The summed E-state index contributed by atoms with van der Waals surface area (Å²) in [6, 6.07) is 12.2. The Labute approximate surface area is 121 Å². The van der Waals surface area contributed by atoms with Crippen LogP contribution >= 0.6 is 31.9 Å². The lowest BCUT2D eigenvalue weighted by Gasteiger charge is -1.99. The van der Waals surface area contributed by atoms with Crippen LogP contribution in [0.3, 0.4) is 0 Å². The summed E-state index contributed by atoms with van der Waals surface area (Å²) in [5.41, 5.74) is 2.00. The Hall–Kier alpha value is -0.710. The molecule has 0 radical (unpaired) electrons. The first kappa shape index (κ1) is 12.7. The summed E-state index contributed by atoms with van der Waals surface area (Å²) in [6.45, 7) is 0. The molecule has 17 heavy (non-hydrogen) atoms. The molecular weight excluding hydrogens is 367 g/mol. The van der Waals surface area contributed by atoms with Gasteiger partial charge in [-0.15, -0.1) is 0 Å². The summed E-state index contributed by atoms with van der Waals surface area (Å²) >= 11 is 6.98. The van der Waals surface area contributed by atoms with Gasteiger partial charge in [-0.1, -0.05) is 37.0 Å². The van der Waals surface area contributed by atoms with Crippen molar-refractivity contribution >= 4 is 53.7 Å². The predicted molar refractivity (Wildman–Crippen MR) is 71.2 cm³/mol. The molecule has 0 aliphatic carbocycles. The fraction of sp³-hybridized carbons (Fsp3) is 0. The fourth-order valence-corrected chi connectivity index (χ4v) is 2.50. The Balaban J connectivity index is 0.00000108. The number of halogens is 3. The van der Waals surface area contributed by atoms with E-state index in [2.05, 4.69) is 54.2 Å². The van der Waals surface area contributed by atoms with Gasteiger partial charge in [0.2, 0.25) is 5.52 Å². The maximum atomic E-state index is 4.32. The molecule has 86 valence electrons. The van der Waals surface area contributed by atoms with E-state index in [-0.39, 0.29) is 12.4 Å². The third kappa shape index (κ3) is 2.30.